The predicted octanol–water partition coefficient (Wildman–Crippen LogP) is 20.3. The van der Waals surface area contributed by atoms with E-state index in [2.05, 4.69) is 130 Å². The molecule has 0 aromatic rings. The van der Waals surface area contributed by atoms with Crippen LogP contribution in [0.25, 0.3) is 0 Å². The minimum Gasteiger partial charge on any atom is -0.462 e. The van der Waals surface area contributed by atoms with Crippen molar-refractivity contribution in [3.63, 3.8) is 0 Å². The maximum absolute atomic E-state index is 12.9. The van der Waals surface area contributed by atoms with Crippen LogP contribution in [0.4, 0.5) is 0 Å². The molecule has 0 aromatic carbocycles. The molecule has 72 heavy (non-hydrogen) atoms. The number of hydrogen-bond donors (Lipinski definition) is 0. The van der Waals surface area contributed by atoms with E-state index in [1.807, 2.05) is 0 Å². The first kappa shape index (κ1) is 68.1. The van der Waals surface area contributed by atoms with E-state index in [0.717, 1.165) is 141 Å². The molecule has 0 N–H and O–H groups in total. The monoisotopic (exact) mass is 999 g/mol. The molecule has 410 valence electrons. The molecule has 6 heteroatoms. The number of rotatable bonds is 53. The molecule has 0 bridgehead atoms. The summed E-state index contributed by atoms with van der Waals surface area (Å²) in [6.07, 6.45) is 80.7. The smallest absolute Gasteiger partial charge is 0.306 e. The summed E-state index contributed by atoms with van der Waals surface area (Å²) in [5, 5.41) is 0. The normalized spacial score (nSPS) is 12.9. The average Bonchev–Trinajstić information content (AvgIpc) is 3.38. The summed E-state index contributed by atoms with van der Waals surface area (Å²) in [7, 11) is 0. The second-order valence-corrected chi connectivity index (χ2v) is 19.5. The molecule has 0 aliphatic rings. The number of carbonyl (C=O) groups excluding carboxylic acids is 3. The van der Waals surface area contributed by atoms with E-state index >= 15 is 0 Å². The topological polar surface area (TPSA) is 78.9 Å². The highest BCUT2D eigenvalue weighted by atomic mass is 16.6. The molecule has 1 unspecified atom stereocenters. The van der Waals surface area contributed by atoms with Crippen LogP contribution in [0.2, 0.25) is 0 Å². The van der Waals surface area contributed by atoms with Gasteiger partial charge in [-0.05, 0) is 122 Å². The largest absolute Gasteiger partial charge is 0.462 e. The van der Waals surface area contributed by atoms with Crippen molar-refractivity contribution in [1.82, 2.24) is 0 Å². The van der Waals surface area contributed by atoms with Gasteiger partial charge < -0.3 is 14.2 Å². The Bertz CT molecular complexity index is 1470. The van der Waals surface area contributed by atoms with Gasteiger partial charge in [-0.15, -0.1) is 0 Å². The second kappa shape index (κ2) is 59.6. The van der Waals surface area contributed by atoms with Crippen molar-refractivity contribution in [2.24, 2.45) is 0 Å². The molecule has 0 fully saturated rings. The number of unbranched alkanes of at least 4 members (excludes halogenated alkanes) is 24. The first-order valence-corrected chi connectivity index (χ1v) is 29.9. The lowest BCUT2D eigenvalue weighted by atomic mass is 10.1. The number of carbonyl (C=O) groups is 3. The molecule has 0 spiro atoms. The van der Waals surface area contributed by atoms with Crippen LogP contribution in [-0.2, 0) is 28.6 Å². The highest BCUT2D eigenvalue weighted by molar-refractivity contribution is 5.71. The molecule has 0 aliphatic heterocycles. The number of esters is 3. The van der Waals surface area contributed by atoms with E-state index < -0.39 is 6.10 Å². The first-order valence-electron chi connectivity index (χ1n) is 29.9. The Morgan fingerprint density at radius 1 is 0.292 bits per heavy atom. The number of ether oxygens (including phenoxy) is 3. The van der Waals surface area contributed by atoms with Gasteiger partial charge in [-0.25, -0.2) is 0 Å². The van der Waals surface area contributed by atoms with E-state index in [9.17, 15) is 14.4 Å². The van der Waals surface area contributed by atoms with Gasteiger partial charge in [0.05, 0.1) is 0 Å². The van der Waals surface area contributed by atoms with Gasteiger partial charge in [0.25, 0.3) is 0 Å². The predicted molar refractivity (Wildman–Crippen MR) is 311 cm³/mol. The van der Waals surface area contributed by atoms with Crippen molar-refractivity contribution < 1.29 is 28.6 Å². The van der Waals surface area contributed by atoms with Crippen molar-refractivity contribution in [1.29, 1.82) is 0 Å². The summed E-state index contributed by atoms with van der Waals surface area (Å²) in [4.78, 5) is 38.2. The van der Waals surface area contributed by atoms with Crippen molar-refractivity contribution in [2.75, 3.05) is 13.2 Å². The van der Waals surface area contributed by atoms with Crippen molar-refractivity contribution in [3.8, 4) is 0 Å². The van der Waals surface area contributed by atoms with Gasteiger partial charge in [0.2, 0.25) is 0 Å². The Balaban J connectivity index is 4.43. The lowest BCUT2D eigenvalue weighted by Crippen LogP contribution is -2.30. The molecule has 0 radical (unpaired) electrons. The Morgan fingerprint density at radius 2 is 0.542 bits per heavy atom. The van der Waals surface area contributed by atoms with Crippen molar-refractivity contribution >= 4 is 17.9 Å². The highest BCUT2D eigenvalue weighted by Crippen LogP contribution is 2.15. The van der Waals surface area contributed by atoms with Crippen LogP contribution in [0, 0.1) is 0 Å². The Morgan fingerprint density at radius 3 is 0.847 bits per heavy atom. The SMILES string of the molecule is CC/C=C\C/C=C\C/C=C\C/C=C\CCCCCCCCCCC(=O)OCC(COC(=O)CCCCCCC/C=C\C/C=C\C/C=C\CC)OC(=O)CCCCCCCCC/C=C\C/C=C\CCCCCC. The van der Waals surface area contributed by atoms with Crippen molar-refractivity contribution in [2.45, 2.75) is 277 Å². The summed E-state index contributed by atoms with van der Waals surface area (Å²) >= 11 is 0. The van der Waals surface area contributed by atoms with Gasteiger partial charge in [0.1, 0.15) is 13.2 Å². The van der Waals surface area contributed by atoms with Crippen LogP contribution in [0.15, 0.2) is 109 Å². The van der Waals surface area contributed by atoms with E-state index in [4.69, 9.17) is 14.2 Å². The molecule has 0 saturated heterocycles. The Labute approximate surface area is 444 Å². The fraction of sp³-hybridized carbons (Fsp3) is 0.682. The highest BCUT2D eigenvalue weighted by Gasteiger charge is 2.19. The van der Waals surface area contributed by atoms with Gasteiger partial charge in [0, 0.05) is 19.3 Å². The Hall–Kier alpha value is -3.93. The van der Waals surface area contributed by atoms with E-state index in [-0.39, 0.29) is 31.1 Å². The van der Waals surface area contributed by atoms with Crippen LogP contribution in [-0.4, -0.2) is 37.2 Å². The molecule has 6 nitrogen and oxygen atoms in total. The molecule has 0 aromatic heterocycles. The van der Waals surface area contributed by atoms with E-state index in [1.165, 1.54) is 89.9 Å². The second-order valence-electron chi connectivity index (χ2n) is 19.5. The zero-order valence-electron chi connectivity index (χ0n) is 46.9. The van der Waals surface area contributed by atoms with E-state index in [1.54, 1.807) is 0 Å². The molecule has 0 saturated carbocycles. The summed E-state index contributed by atoms with van der Waals surface area (Å²) < 4.78 is 16.9. The maximum Gasteiger partial charge on any atom is 0.306 e. The summed E-state index contributed by atoms with van der Waals surface area (Å²) in [6, 6.07) is 0. The van der Waals surface area contributed by atoms with E-state index in [0.29, 0.717) is 19.3 Å². The third-order valence-electron chi connectivity index (χ3n) is 12.5. The lowest BCUT2D eigenvalue weighted by molar-refractivity contribution is -0.167. The Kier molecular flexibility index (Phi) is 56.4. The molecule has 0 rings (SSSR count). The fourth-order valence-electron chi connectivity index (χ4n) is 8.07. The molecule has 0 amide bonds. The quantitative estimate of drug-likeness (QED) is 0.0261. The van der Waals surface area contributed by atoms with Crippen LogP contribution >= 0.6 is 0 Å². The summed E-state index contributed by atoms with van der Waals surface area (Å²) in [5.41, 5.74) is 0. The van der Waals surface area contributed by atoms with Gasteiger partial charge in [0.15, 0.2) is 6.10 Å². The van der Waals surface area contributed by atoms with Gasteiger partial charge >= 0.3 is 17.9 Å². The van der Waals surface area contributed by atoms with Crippen LogP contribution in [0.5, 0.6) is 0 Å². The van der Waals surface area contributed by atoms with Crippen LogP contribution < -0.4 is 0 Å². The third kappa shape index (κ3) is 57.0. The summed E-state index contributed by atoms with van der Waals surface area (Å²) in [5.74, 6) is -0.921. The first-order chi connectivity index (χ1) is 35.5. The molecule has 1 atom stereocenters. The third-order valence-corrected chi connectivity index (χ3v) is 12.5. The number of hydrogen-bond acceptors (Lipinski definition) is 6. The average molecular weight is 1000 g/mol. The number of allylic oxidation sites excluding steroid dienone is 18. The zero-order chi connectivity index (χ0) is 52.2. The molecule has 0 heterocycles. The zero-order valence-corrected chi connectivity index (χ0v) is 46.9. The van der Waals surface area contributed by atoms with Gasteiger partial charge in [-0.1, -0.05) is 239 Å². The summed E-state index contributed by atoms with van der Waals surface area (Å²) in [6.45, 7) is 6.38. The lowest BCUT2D eigenvalue weighted by Gasteiger charge is -2.18. The van der Waals surface area contributed by atoms with Crippen LogP contribution in [0.3, 0.4) is 0 Å². The maximum atomic E-state index is 12.9. The standard InChI is InChI=1S/C66H110O6/c1-4-7-10-13-16-19-22-25-28-30-32-33-34-36-38-41-44-47-50-53-56-59-65(68)71-62-63(61-70-64(67)58-55-52-49-46-43-40-37-27-24-21-18-15-12-9-6-3)72-66(69)60-57-54-51-48-45-42-39-35-31-29-26-23-20-17-14-11-8-5-2/h7,9-10,12,16,18-21,23,25,27-29,31-33,37,63H,4-6,8,11,13-15,17,22,24,26,30,34-36,38-62H2,1-3H3/b10-7-,12-9-,19-16-,21-18-,23-20-,28-25-,31-29-,33-32-,37-27-. The molecular formula is C66H110O6. The van der Waals surface area contributed by atoms with Gasteiger partial charge in [-0.3, -0.25) is 14.4 Å². The minimum atomic E-state index is -0.796. The van der Waals surface area contributed by atoms with Crippen LogP contribution in [0.1, 0.15) is 271 Å². The molecular weight excluding hydrogens is 889 g/mol. The van der Waals surface area contributed by atoms with Crippen molar-refractivity contribution in [3.05, 3.63) is 109 Å². The molecule has 0 aliphatic carbocycles. The fourth-order valence-corrected chi connectivity index (χ4v) is 8.07. The van der Waals surface area contributed by atoms with Gasteiger partial charge in [-0.2, -0.15) is 0 Å². The minimum absolute atomic E-state index is 0.0924.